The molecular weight excluding hydrogens is 370 g/mol. The Kier molecular flexibility index (Phi) is 6.25. The Labute approximate surface area is 173 Å². The summed E-state index contributed by atoms with van der Waals surface area (Å²) in [7, 11) is 1.62. The molecule has 1 saturated carbocycles. The molecule has 0 N–H and O–H groups in total. The monoisotopic (exact) mass is 405 g/mol. The molecule has 3 heterocycles. The minimum Gasteiger partial charge on any atom is -0.375 e. The Bertz CT molecular complexity index is 690. The molecule has 1 aromatic heterocycles. The SMILES string of the molecule is COCc1nc(CC2CCOC3(CCN(C(=O)C4(C)CCCCC4)CC3)C2)no1. The summed E-state index contributed by atoms with van der Waals surface area (Å²) < 4.78 is 16.6. The number of methoxy groups -OCH3 is 1. The summed E-state index contributed by atoms with van der Waals surface area (Å²) in [5.41, 5.74) is -0.233. The van der Waals surface area contributed by atoms with Gasteiger partial charge in [-0.25, -0.2) is 0 Å². The van der Waals surface area contributed by atoms with Crippen molar-refractivity contribution in [3.63, 3.8) is 0 Å². The molecule has 3 fully saturated rings. The van der Waals surface area contributed by atoms with Crippen LogP contribution in [0.5, 0.6) is 0 Å². The fourth-order valence-electron chi connectivity index (χ4n) is 5.51. The number of carbonyl (C=O) groups is 1. The quantitative estimate of drug-likeness (QED) is 0.746. The molecule has 2 saturated heterocycles. The Morgan fingerprint density at radius 2 is 1.97 bits per heavy atom. The van der Waals surface area contributed by atoms with Crippen LogP contribution in [0.25, 0.3) is 0 Å². The first kappa shape index (κ1) is 20.8. The van der Waals surface area contributed by atoms with Crippen LogP contribution >= 0.6 is 0 Å². The van der Waals surface area contributed by atoms with Gasteiger partial charge in [0.1, 0.15) is 6.61 Å². The van der Waals surface area contributed by atoms with Crippen molar-refractivity contribution < 1.29 is 18.8 Å². The zero-order valence-electron chi connectivity index (χ0n) is 18.0. The number of piperidine rings is 1. The van der Waals surface area contributed by atoms with Crippen molar-refractivity contribution in [3.8, 4) is 0 Å². The Morgan fingerprint density at radius 1 is 1.21 bits per heavy atom. The summed E-state index contributed by atoms with van der Waals surface area (Å²) in [5, 5.41) is 4.10. The standard InChI is InChI=1S/C22H35N3O4/c1-21(7-4-3-5-8-21)20(26)25-11-9-22(10-12-25)15-17(6-13-28-22)14-18-23-19(16-27-2)29-24-18/h17H,3-16H2,1-2H3. The Morgan fingerprint density at radius 3 is 2.69 bits per heavy atom. The lowest BCUT2D eigenvalue weighted by molar-refractivity contribution is -0.156. The summed E-state index contributed by atoms with van der Waals surface area (Å²) in [6.45, 7) is 4.95. The predicted octanol–water partition coefficient (Wildman–Crippen LogP) is 3.52. The topological polar surface area (TPSA) is 77.7 Å². The molecule has 1 amide bonds. The number of nitrogens with zero attached hydrogens (tertiary/aromatic N) is 3. The van der Waals surface area contributed by atoms with E-state index in [-0.39, 0.29) is 11.0 Å². The van der Waals surface area contributed by atoms with Gasteiger partial charge in [-0.2, -0.15) is 4.98 Å². The van der Waals surface area contributed by atoms with Crippen molar-refractivity contribution in [1.82, 2.24) is 15.0 Å². The van der Waals surface area contributed by atoms with Crippen LogP contribution in [0, 0.1) is 11.3 Å². The van der Waals surface area contributed by atoms with Crippen LogP contribution in [0.1, 0.15) is 76.4 Å². The van der Waals surface area contributed by atoms with Crippen molar-refractivity contribution >= 4 is 5.91 Å². The predicted molar refractivity (Wildman–Crippen MR) is 107 cm³/mol. The number of rotatable bonds is 5. The highest BCUT2D eigenvalue weighted by atomic mass is 16.5. The molecule has 0 bridgehead atoms. The number of hydrogen-bond acceptors (Lipinski definition) is 6. The number of carbonyl (C=O) groups excluding carboxylic acids is 1. The van der Waals surface area contributed by atoms with Crippen LogP contribution in [0.4, 0.5) is 0 Å². The zero-order chi connectivity index (χ0) is 20.3. The first-order valence-corrected chi connectivity index (χ1v) is 11.3. The summed E-state index contributed by atoms with van der Waals surface area (Å²) in [6, 6.07) is 0. The fourth-order valence-corrected chi connectivity index (χ4v) is 5.51. The van der Waals surface area contributed by atoms with Crippen LogP contribution < -0.4 is 0 Å². The largest absolute Gasteiger partial charge is 0.375 e. The normalized spacial score (nSPS) is 26.6. The molecule has 1 atom stereocenters. The Hall–Kier alpha value is -1.47. The second-order valence-electron chi connectivity index (χ2n) is 9.55. The van der Waals surface area contributed by atoms with Crippen LogP contribution in [-0.2, 0) is 27.3 Å². The average Bonchev–Trinajstić information content (AvgIpc) is 3.16. The van der Waals surface area contributed by atoms with Gasteiger partial charge in [0.2, 0.25) is 5.91 Å². The number of aromatic nitrogens is 2. The van der Waals surface area contributed by atoms with E-state index in [1.807, 2.05) is 0 Å². The van der Waals surface area contributed by atoms with Crippen molar-refractivity contribution in [2.75, 3.05) is 26.8 Å². The van der Waals surface area contributed by atoms with E-state index < -0.39 is 0 Å². The van der Waals surface area contributed by atoms with E-state index in [4.69, 9.17) is 14.0 Å². The van der Waals surface area contributed by atoms with E-state index >= 15 is 0 Å². The first-order valence-electron chi connectivity index (χ1n) is 11.3. The van der Waals surface area contributed by atoms with E-state index in [1.54, 1.807) is 7.11 Å². The van der Waals surface area contributed by atoms with Crippen molar-refractivity contribution in [2.45, 2.75) is 83.3 Å². The van der Waals surface area contributed by atoms with Crippen LogP contribution in [0.2, 0.25) is 0 Å². The van der Waals surface area contributed by atoms with Gasteiger partial charge in [0, 0.05) is 38.6 Å². The van der Waals surface area contributed by atoms with Gasteiger partial charge in [-0.15, -0.1) is 0 Å². The molecule has 3 aliphatic rings. The highest BCUT2D eigenvalue weighted by Crippen LogP contribution is 2.42. The minimum absolute atomic E-state index is 0.0910. The molecule has 7 heteroatoms. The number of hydrogen-bond donors (Lipinski definition) is 0. The van der Waals surface area contributed by atoms with Crippen LogP contribution in [0.15, 0.2) is 4.52 Å². The van der Waals surface area contributed by atoms with Crippen molar-refractivity contribution in [1.29, 1.82) is 0 Å². The molecule has 4 rings (SSSR count). The van der Waals surface area contributed by atoms with Gasteiger partial charge in [-0.3, -0.25) is 4.79 Å². The van der Waals surface area contributed by atoms with E-state index in [1.165, 1.54) is 19.3 Å². The maximum absolute atomic E-state index is 13.2. The highest BCUT2D eigenvalue weighted by molar-refractivity contribution is 5.82. The summed E-state index contributed by atoms with van der Waals surface area (Å²) >= 11 is 0. The van der Waals surface area contributed by atoms with E-state index in [0.29, 0.717) is 24.3 Å². The first-order chi connectivity index (χ1) is 14.0. The molecule has 1 spiro atoms. The lowest BCUT2D eigenvalue weighted by atomic mass is 9.73. The van der Waals surface area contributed by atoms with E-state index in [2.05, 4.69) is 22.0 Å². The molecule has 29 heavy (non-hydrogen) atoms. The second kappa shape index (κ2) is 8.72. The van der Waals surface area contributed by atoms with Gasteiger partial charge < -0.3 is 18.9 Å². The van der Waals surface area contributed by atoms with Gasteiger partial charge in [0.25, 0.3) is 5.89 Å². The van der Waals surface area contributed by atoms with Gasteiger partial charge in [0.05, 0.1) is 5.60 Å². The van der Waals surface area contributed by atoms with Crippen molar-refractivity contribution in [2.24, 2.45) is 11.3 Å². The zero-order valence-corrected chi connectivity index (χ0v) is 18.0. The number of likely N-dealkylation sites (tertiary alicyclic amines) is 1. The summed E-state index contributed by atoms with van der Waals surface area (Å²) in [6.07, 6.45) is 10.5. The van der Waals surface area contributed by atoms with Gasteiger partial charge in [0.15, 0.2) is 5.82 Å². The molecule has 0 aromatic carbocycles. The molecule has 2 aliphatic heterocycles. The number of amides is 1. The van der Waals surface area contributed by atoms with Gasteiger partial charge >= 0.3 is 0 Å². The number of ether oxygens (including phenoxy) is 2. The molecule has 7 nitrogen and oxygen atoms in total. The lowest BCUT2D eigenvalue weighted by Crippen LogP contribution is -2.53. The minimum atomic E-state index is -0.142. The molecule has 1 unspecified atom stereocenters. The third-order valence-electron chi connectivity index (χ3n) is 7.28. The molecule has 0 radical (unpaired) electrons. The van der Waals surface area contributed by atoms with E-state index in [0.717, 1.165) is 70.5 Å². The third-order valence-corrected chi connectivity index (χ3v) is 7.28. The van der Waals surface area contributed by atoms with Crippen molar-refractivity contribution in [3.05, 3.63) is 11.7 Å². The summed E-state index contributed by atoms with van der Waals surface area (Å²) in [4.78, 5) is 19.7. The molecule has 1 aliphatic carbocycles. The fraction of sp³-hybridized carbons (Fsp3) is 0.864. The summed E-state index contributed by atoms with van der Waals surface area (Å²) in [5.74, 6) is 2.16. The Balaban J connectivity index is 1.32. The highest BCUT2D eigenvalue weighted by Gasteiger charge is 2.44. The lowest BCUT2D eigenvalue weighted by Gasteiger charge is -2.48. The van der Waals surface area contributed by atoms with Gasteiger partial charge in [-0.1, -0.05) is 31.3 Å². The van der Waals surface area contributed by atoms with Crippen LogP contribution in [-0.4, -0.2) is 53.4 Å². The molecule has 162 valence electrons. The third kappa shape index (κ3) is 4.66. The van der Waals surface area contributed by atoms with E-state index in [9.17, 15) is 4.79 Å². The maximum Gasteiger partial charge on any atom is 0.252 e. The average molecular weight is 406 g/mol. The molecule has 1 aromatic rings. The maximum atomic E-state index is 13.2. The van der Waals surface area contributed by atoms with Crippen LogP contribution in [0.3, 0.4) is 0 Å². The second-order valence-corrected chi connectivity index (χ2v) is 9.55. The molecular formula is C22H35N3O4. The smallest absolute Gasteiger partial charge is 0.252 e. The van der Waals surface area contributed by atoms with Gasteiger partial charge in [-0.05, 0) is 44.4 Å².